The Morgan fingerprint density at radius 2 is 1.70 bits per heavy atom. The molecule has 0 aliphatic carbocycles. The zero-order valence-corrected chi connectivity index (χ0v) is 14.7. The molecule has 2 nitrogen and oxygen atoms in total. The van der Waals surface area contributed by atoms with Crippen molar-refractivity contribution >= 4 is 5.69 Å². The fraction of sp³-hybridized carbons (Fsp3) is 0.429. The fourth-order valence-corrected chi connectivity index (χ4v) is 2.56. The van der Waals surface area contributed by atoms with Crippen LogP contribution in [0.2, 0.25) is 0 Å². The highest BCUT2D eigenvalue weighted by Crippen LogP contribution is 2.19. The third kappa shape index (κ3) is 5.63. The maximum Gasteiger partial charge on any atom is 0.119 e. The number of unbranched alkanes of at least 4 members (excludes halogenated alkanes) is 3. The molecule has 0 saturated carbocycles. The summed E-state index contributed by atoms with van der Waals surface area (Å²) < 4.78 is 5.78. The van der Waals surface area contributed by atoms with Gasteiger partial charge in [-0.15, -0.1) is 0 Å². The molecule has 0 saturated heterocycles. The largest absolute Gasteiger partial charge is 0.494 e. The lowest BCUT2D eigenvalue weighted by Gasteiger charge is -2.12. The van der Waals surface area contributed by atoms with E-state index in [0.29, 0.717) is 0 Å². The summed E-state index contributed by atoms with van der Waals surface area (Å²) in [6.45, 7) is 8.19. The molecular formula is C21H29NO. The molecule has 2 aromatic rings. The van der Waals surface area contributed by atoms with E-state index in [1.54, 1.807) is 0 Å². The van der Waals surface area contributed by atoms with E-state index >= 15 is 0 Å². The Morgan fingerprint density at radius 1 is 0.913 bits per heavy atom. The van der Waals surface area contributed by atoms with E-state index in [1.807, 2.05) is 0 Å². The summed E-state index contributed by atoms with van der Waals surface area (Å²) >= 11 is 0. The molecule has 124 valence electrons. The molecule has 0 unspecified atom stereocenters. The van der Waals surface area contributed by atoms with Crippen LogP contribution in [0.3, 0.4) is 0 Å². The highest BCUT2D eigenvalue weighted by Gasteiger charge is 2.01. The monoisotopic (exact) mass is 311 g/mol. The number of aryl methyl sites for hydroxylation is 1. The van der Waals surface area contributed by atoms with Crippen LogP contribution in [0.15, 0.2) is 42.5 Å². The summed E-state index contributed by atoms with van der Waals surface area (Å²) in [5, 5.41) is 3.52. The van der Waals surface area contributed by atoms with Gasteiger partial charge in [-0.1, -0.05) is 50.5 Å². The second-order valence-corrected chi connectivity index (χ2v) is 6.15. The van der Waals surface area contributed by atoms with Crippen LogP contribution in [-0.4, -0.2) is 6.61 Å². The molecule has 0 heterocycles. The van der Waals surface area contributed by atoms with Crippen LogP contribution in [0.25, 0.3) is 0 Å². The van der Waals surface area contributed by atoms with Gasteiger partial charge in [0, 0.05) is 12.2 Å². The van der Waals surface area contributed by atoms with Crippen molar-refractivity contribution < 1.29 is 4.74 Å². The molecule has 0 atom stereocenters. The number of hydrogen-bond donors (Lipinski definition) is 1. The molecule has 0 bridgehead atoms. The summed E-state index contributed by atoms with van der Waals surface area (Å²) in [6, 6.07) is 14.8. The van der Waals surface area contributed by atoms with Gasteiger partial charge in [-0.3, -0.25) is 0 Å². The summed E-state index contributed by atoms with van der Waals surface area (Å²) in [4.78, 5) is 0. The smallest absolute Gasteiger partial charge is 0.119 e. The van der Waals surface area contributed by atoms with Crippen molar-refractivity contribution in [1.29, 1.82) is 0 Å². The van der Waals surface area contributed by atoms with Gasteiger partial charge in [0.2, 0.25) is 0 Å². The molecule has 2 heteroatoms. The van der Waals surface area contributed by atoms with E-state index < -0.39 is 0 Å². The number of ether oxygens (including phenoxy) is 1. The van der Waals surface area contributed by atoms with Crippen LogP contribution in [-0.2, 0) is 6.54 Å². The topological polar surface area (TPSA) is 21.3 Å². The zero-order chi connectivity index (χ0) is 16.5. The molecule has 0 aliphatic rings. The Balaban J connectivity index is 1.79. The van der Waals surface area contributed by atoms with Crippen LogP contribution < -0.4 is 10.1 Å². The lowest BCUT2D eigenvalue weighted by Crippen LogP contribution is -2.02. The van der Waals surface area contributed by atoms with Crippen molar-refractivity contribution in [3.8, 4) is 5.75 Å². The van der Waals surface area contributed by atoms with Gasteiger partial charge in [0.25, 0.3) is 0 Å². The molecule has 0 fully saturated rings. The predicted octanol–water partition coefficient (Wildman–Crippen LogP) is 5.87. The molecule has 1 N–H and O–H groups in total. The first-order valence-corrected chi connectivity index (χ1v) is 8.72. The van der Waals surface area contributed by atoms with Crippen LogP contribution in [0.1, 0.15) is 49.3 Å². The van der Waals surface area contributed by atoms with E-state index in [2.05, 4.69) is 68.6 Å². The molecule has 0 aromatic heterocycles. The second-order valence-electron chi connectivity index (χ2n) is 6.15. The zero-order valence-electron chi connectivity index (χ0n) is 14.7. The third-order valence-electron chi connectivity index (χ3n) is 4.28. The Hall–Kier alpha value is -1.96. The molecule has 0 amide bonds. The van der Waals surface area contributed by atoms with Crippen molar-refractivity contribution in [2.45, 2.75) is 53.0 Å². The van der Waals surface area contributed by atoms with Crippen molar-refractivity contribution in [3.05, 3.63) is 59.2 Å². The Bertz CT molecular complexity index is 589. The summed E-state index contributed by atoms with van der Waals surface area (Å²) in [5.41, 5.74) is 5.12. The quantitative estimate of drug-likeness (QED) is 0.584. The van der Waals surface area contributed by atoms with Gasteiger partial charge >= 0.3 is 0 Å². The highest BCUT2D eigenvalue weighted by molar-refractivity contribution is 5.53. The van der Waals surface area contributed by atoms with Gasteiger partial charge in [-0.2, -0.15) is 0 Å². The minimum atomic E-state index is 0.820. The summed E-state index contributed by atoms with van der Waals surface area (Å²) in [5.74, 6) is 0.969. The first-order valence-electron chi connectivity index (χ1n) is 8.72. The maximum absolute atomic E-state index is 5.78. The first-order chi connectivity index (χ1) is 11.2. The van der Waals surface area contributed by atoms with Crippen LogP contribution in [0.5, 0.6) is 5.75 Å². The molecule has 0 aliphatic heterocycles. The number of hydrogen-bond acceptors (Lipinski definition) is 2. The minimum absolute atomic E-state index is 0.820. The van der Waals surface area contributed by atoms with Gasteiger partial charge in [-0.05, 0) is 55.2 Å². The average molecular weight is 311 g/mol. The number of nitrogens with one attached hydrogen (secondary N) is 1. The minimum Gasteiger partial charge on any atom is -0.494 e. The highest BCUT2D eigenvalue weighted by atomic mass is 16.5. The molecule has 0 spiro atoms. The van der Waals surface area contributed by atoms with Crippen molar-refractivity contribution in [3.63, 3.8) is 0 Å². The van der Waals surface area contributed by atoms with Crippen LogP contribution >= 0.6 is 0 Å². The SMILES string of the molecule is CCCCCCOc1ccc(CNc2cccc(C)c2C)cc1. The predicted molar refractivity (Wildman–Crippen MR) is 99.3 cm³/mol. The van der Waals surface area contributed by atoms with Gasteiger partial charge in [0.15, 0.2) is 0 Å². The van der Waals surface area contributed by atoms with E-state index in [1.165, 1.54) is 41.6 Å². The summed E-state index contributed by atoms with van der Waals surface area (Å²) in [6.07, 6.45) is 4.96. The van der Waals surface area contributed by atoms with E-state index in [9.17, 15) is 0 Å². The van der Waals surface area contributed by atoms with E-state index in [4.69, 9.17) is 4.74 Å². The van der Waals surface area contributed by atoms with Gasteiger partial charge < -0.3 is 10.1 Å². The Kier molecular flexibility index (Phi) is 6.99. The van der Waals surface area contributed by atoms with Gasteiger partial charge in [-0.25, -0.2) is 0 Å². The molecule has 2 rings (SSSR count). The molecular weight excluding hydrogens is 282 g/mol. The lowest BCUT2D eigenvalue weighted by atomic mass is 10.1. The first kappa shape index (κ1) is 17.4. The van der Waals surface area contributed by atoms with Gasteiger partial charge in [0.1, 0.15) is 5.75 Å². The molecule has 0 radical (unpaired) electrons. The summed E-state index contributed by atoms with van der Waals surface area (Å²) in [7, 11) is 0. The molecule has 23 heavy (non-hydrogen) atoms. The van der Waals surface area contributed by atoms with E-state index in [0.717, 1.165) is 25.3 Å². The normalized spacial score (nSPS) is 10.6. The number of benzene rings is 2. The third-order valence-corrected chi connectivity index (χ3v) is 4.28. The lowest BCUT2D eigenvalue weighted by molar-refractivity contribution is 0.305. The van der Waals surface area contributed by atoms with Crippen molar-refractivity contribution in [2.75, 3.05) is 11.9 Å². The second kappa shape index (κ2) is 9.24. The maximum atomic E-state index is 5.78. The average Bonchev–Trinajstić information content (AvgIpc) is 2.57. The standard InChI is InChI=1S/C21H29NO/c1-4-5-6-7-15-23-20-13-11-19(12-14-20)16-22-21-10-8-9-17(2)18(21)3/h8-14,22H,4-7,15-16H2,1-3H3. The number of rotatable bonds is 9. The van der Waals surface area contributed by atoms with Crippen molar-refractivity contribution in [1.82, 2.24) is 0 Å². The molecule has 2 aromatic carbocycles. The van der Waals surface area contributed by atoms with E-state index in [-0.39, 0.29) is 0 Å². The Morgan fingerprint density at radius 3 is 2.43 bits per heavy atom. The van der Waals surface area contributed by atoms with Crippen molar-refractivity contribution in [2.24, 2.45) is 0 Å². The number of anilines is 1. The van der Waals surface area contributed by atoms with Crippen LogP contribution in [0.4, 0.5) is 5.69 Å². The fourth-order valence-electron chi connectivity index (χ4n) is 2.56. The van der Waals surface area contributed by atoms with Crippen LogP contribution in [0, 0.1) is 13.8 Å². The van der Waals surface area contributed by atoms with Gasteiger partial charge in [0.05, 0.1) is 6.61 Å². The Labute approximate surface area is 140 Å².